The Hall–Kier alpha value is -2.48. The molecule has 2 amide bonds. The van der Waals surface area contributed by atoms with Crippen LogP contribution in [-0.2, 0) is 14.3 Å². The number of carbonyl (C=O) groups excluding carboxylic acids is 3. The van der Waals surface area contributed by atoms with E-state index >= 15 is 0 Å². The molecule has 1 aromatic rings. The highest BCUT2D eigenvalue weighted by Crippen LogP contribution is 2.36. The third-order valence-corrected chi connectivity index (χ3v) is 5.61. The second kappa shape index (κ2) is 8.04. The Labute approximate surface area is 162 Å². The molecule has 0 aromatic heterocycles. The zero-order valence-corrected chi connectivity index (χ0v) is 16.4. The van der Waals surface area contributed by atoms with Crippen LogP contribution in [0.4, 0.5) is 10.5 Å². The van der Waals surface area contributed by atoms with Crippen LogP contribution in [-0.4, -0.2) is 55.4 Å². The van der Waals surface area contributed by atoms with E-state index in [4.69, 9.17) is 4.74 Å². The zero-order chi connectivity index (χ0) is 19.6. The lowest BCUT2D eigenvalue weighted by molar-refractivity contribution is -0.148. The molecule has 0 spiro atoms. The molecule has 2 aliphatic rings. The van der Waals surface area contributed by atoms with Gasteiger partial charge >= 0.3 is 5.97 Å². The van der Waals surface area contributed by atoms with Crippen molar-refractivity contribution in [3.05, 3.63) is 28.7 Å². The molecule has 3 rings (SSSR count). The number of benzene rings is 1. The quantitative estimate of drug-likeness (QED) is 0.565. The fourth-order valence-electron chi connectivity index (χ4n) is 3.22. The number of esters is 1. The number of amides is 2. The van der Waals surface area contributed by atoms with Crippen molar-refractivity contribution in [2.24, 2.45) is 0 Å². The van der Waals surface area contributed by atoms with Crippen molar-refractivity contribution < 1.29 is 23.9 Å². The minimum absolute atomic E-state index is 0.253. The fourth-order valence-corrected chi connectivity index (χ4v) is 4.12. The van der Waals surface area contributed by atoms with E-state index < -0.39 is 23.2 Å². The van der Waals surface area contributed by atoms with E-state index in [1.54, 1.807) is 13.2 Å². The number of hydrogen-bond donors (Lipinski definition) is 0. The molecule has 8 heteroatoms. The number of carbonyl (C=O) groups is 3. The van der Waals surface area contributed by atoms with Crippen LogP contribution in [0.25, 0.3) is 6.08 Å². The molecule has 2 fully saturated rings. The Morgan fingerprint density at radius 2 is 1.93 bits per heavy atom. The molecule has 7 nitrogen and oxygen atoms in total. The third-order valence-electron chi connectivity index (χ3n) is 4.73. The van der Waals surface area contributed by atoms with Gasteiger partial charge in [-0.15, -0.1) is 0 Å². The van der Waals surface area contributed by atoms with Crippen molar-refractivity contribution in [1.82, 2.24) is 4.90 Å². The first-order valence-electron chi connectivity index (χ1n) is 8.74. The van der Waals surface area contributed by atoms with Crippen molar-refractivity contribution in [2.75, 3.05) is 32.2 Å². The van der Waals surface area contributed by atoms with Gasteiger partial charge in [0.15, 0.2) is 0 Å². The number of thioether (sulfide) groups is 1. The molecule has 0 aliphatic carbocycles. The molecule has 2 heterocycles. The molecule has 0 N–H and O–H groups in total. The molecular formula is C19H22N2O5S. The summed E-state index contributed by atoms with van der Waals surface area (Å²) in [5.74, 6) is -0.508. The Bertz CT molecular complexity index is 801. The summed E-state index contributed by atoms with van der Waals surface area (Å²) in [5.41, 5.74) is 1.78. The molecule has 2 saturated heterocycles. The predicted molar refractivity (Wildman–Crippen MR) is 104 cm³/mol. The Balaban J connectivity index is 1.86. The summed E-state index contributed by atoms with van der Waals surface area (Å²) >= 11 is 0.806. The summed E-state index contributed by atoms with van der Waals surface area (Å²) in [4.78, 5) is 40.0. The van der Waals surface area contributed by atoms with Crippen LogP contribution in [0.1, 0.15) is 25.3 Å². The van der Waals surface area contributed by atoms with Crippen molar-refractivity contribution >= 4 is 40.6 Å². The van der Waals surface area contributed by atoms with Crippen LogP contribution >= 0.6 is 11.8 Å². The monoisotopic (exact) mass is 390 g/mol. The van der Waals surface area contributed by atoms with Crippen LogP contribution in [0.5, 0.6) is 5.75 Å². The first-order chi connectivity index (χ1) is 13.0. The molecule has 0 saturated carbocycles. The highest BCUT2D eigenvalue weighted by atomic mass is 32.2. The first kappa shape index (κ1) is 19.3. The smallest absolute Gasteiger partial charge is 0.328 e. The maximum atomic E-state index is 12.6. The van der Waals surface area contributed by atoms with Crippen molar-refractivity contribution in [3.63, 3.8) is 0 Å². The summed E-state index contributed by atoms with van der Waals surface area (Å²) in [6.45, 7) is 3.51. The fraction of sp³-hybridized carbons (Fsp3) is 0.421. The molecule has 0 bridgehead atoms. The molecule has 1 atom stereocenters. The number of ether oxygens (including phenoxy) is 2. The van der Waals surface area contributed by atoms with E-state index in [9.17, 15) is 14.4 Å². The highest BCUT2D eigenvalue weighted by Gasteiger charge is 2.41. The van der Waals surface area contributed by atoms with Gasteiger partial charge in [0.25, 0.3) is 11.1 Å². The number of anilines is 1. The molecule has 144 valence electrons. The van der Waals surface area contributed by atoms with Gasteiger partial charge in [-0.25, -0.2) is 4.79 Å². The van der Waals surface area contributed by atoms with Gasteiger partial charge in [0.1, 0.15) is 11.8 Å². The van der Waals surface area contributed by atoms with Crippen molar-refractivity contribution in [3.8, 4) is 5.75 Å². The average Bonchev–Trinajstić information content (AvgIpc) is 3.30. The topological polar surface area (TPSA) is 76.2 Å². The molecule has 1 aromatic carbocycles. The van der Waals surface area contributed by atoms with Crippen molar-refractivity contribution in [2.45, 2.75) is 25.8 Å². The summed E-state index contributed by atoms with van der Waals surface area (Å²) < 4.78 is 10.1. The van der Waals surface area contributed by atoms with Gasteiger partial charge in [0.05, 0.1) is 19.1 Å². The zero-order valence-electron chi connectivity index (χ0n) is 15.6. The molecule has 2 aliphatic heterocycles. The summed E-state index contributed by atoms with van der Waals surface area (Å²) in [6, 6.07) is 4.84. The Morgan fingerprint density at radius 1 is 1.22 bits per heavy atom. The molecule has 27 heavy (non-hydrogen) atoms. The first-order valence-corrected chi connectivity index (χ1v) is 9.55. The van der Waals surface area contributed by atoms with Crippen LogP contribution in [0.3, 0.4) is 0 Å². The maximum absolute atomic E-state index is 12.6. The van der Waals surface area contributed by atoms with E-state index in [2.05, 4.69) is 9.64 Å². The lowest BCUT2D eigenvalue weighted by Gasteiger charge is -2.19. The summed E-state index contributed by atoms with van der Waals surface area (Å²) in [5, 5.41) is -0.489. The van der Waals surface area contributed by atoms with Crippen molar-refractivity contribution in [1.29, 1.82) is 0 Å². The van der Waals surface area contributed by atoms with Crippen LogP contribution < -0.4 is 9.64 Å². The lowest BCUT2D eigenvalue weighted by atomic mass is 10.1. The maximum Gasteiger partial charge on any atom is 0.328 e. The number of nitrogens with zero attached hydrogens (tertiary/aromatic N) is 2. The van der Waals surface area contributed by atoms with E-state index in [-0.39, 0.29) is 4.91 Å². The van der Waals surface area contributed by atoms with Gasteiger partial charge in [-0.3, -0.25) is 14.5 Å². The average molecular weight is 390 g/mol. The Kier molecular flexibility index (Phi) is 5.74. The van der Waals surface area contributed by atoms with Crippen LogP contribution in [0.15, 0.2) is 23.1 Å². The van der Waals surface area contributed by atoms with Gasteiger partial charge in [-0.1, -0.05) is 0 Å². The number of imide groups is 1. The van der Waals surface area contributed by atoms with Crippen LogP contribution in [0, 0.1) is 0 Å². The van der Waals surface area contributed by atoms with Gasteiger partial charge in [-0.2, -0.15) is 0 Å². The summed E-state index contributed by atoms with van der Waals surface area (Å²) in [7, 11) is 2.80. The lowest BCUT2D eigenvalue weighted by Crippen LogP contribution is -2.42. The normalized spacial score (nSPS) is 19.7. The van der Waals surface area contributed by atoms with Crippen LogP contribution in [0.2, 0.25) is 0 Å². The SMILES string of the molecule is COC(=O)[C@@H](C)N1C(=O)S/C(=C/c2ccc(N3CCCC3)cc2OC)C1=O. The second-order valence-electron chi connectivity index (χ2n) is 6.37. The van der Waals surface area contributed by atoms with Gasteiger partial charge < -0.3 is 14.4 Å². The Morgan fingerprint density at radius 3 is 2.56 bits per heavy atom. The predicted octanol–water partition coefficient (Wildman–Crippen LogP) is 2.89. The second-order valence-corrected chi connectivity index (χ2v) is 7.36. The minimum Gasteiger partial charge on any atom is -0.496 e. The number of hydrogen-bond acceptors (Lipinski definition) is 7. The molecule has 0 radical (unpaired) electrons. The largest absolute Gasteiger partial charge is 0.496 e. The van der Waals surface area contributed by atoms with Gasteiger partial charge in [0, 0.05) is 30.4 Å². The summed E-state index contributed by atoms with van der Waals surface area (Å²) in [6.07, 6.45) is 3.98. The standard InChI is InChI=1S/C19H22N2O5S/c1-12(18(23)26-3)21-17(22)16(27-19(21)24)10-13-6-7-14(11-15(13)25-2)20-8-4-5-9-20/h6-7,10-12H,4-5,8-9H2,1-3H3/b16-10+/t12-/m1/s1. The minimum atomic E-state index is -0.965. The third kappa shape index (κ3) is 3.80. The highest BCUT2D eigenvalue weighted by molar-refractivity contribution is 8.18. The van der Waals surface area contributed by atoms with E-state index in [0.717, 1.165) is 35.4 Å². The van der Waals surface area contributed by atoms with E-state index in [1.807, 2.05) is 18.2 Å². The molecule has 0 unspecified atom stereocenters. The molecular weight excluding hydrogens is 368 g/mol. The number of rotatable bonds is 5. The number of methoxy groups -OCH3 is 2. The van der Waals surface area contributed by atoms with E-state index in [1.165, 1.54) is 26.9 Å². The van der Waals surface area contributed by atoms with Gasteiger partial charge in [0.2, 0.25) is 0 Å². The van der Waals surface area contributed by atoms with Gasteiger partial charge in [-0.05, 0) is 49.7 Å². The van der Waals surface area contributed by atoms with E-state index in [0.29, 0.717) is 11.3 Å².